The molecule has 0 spiro atoms. The molecule has 1 fully saturated rings. The molecular weight excluding hydrogens is 434 g/mol. The fraction of sp³-hybridized carbons (Fsp3) is 0.400. The highest BCUT2D eigenvalue weighted by Crippen LogP contribution is 2.30. The number of pyridine rings is 1. The first kappa shape index (κ1) is 22.7. The maximum atomic E-state index is 13.2. The fourth-order valence-corrected chi connectivity index (χ4v) is 5.15. The van der Waals surface area contributed by atoms with Gasteiger partial charge >= 0.3 is 10.4 Å². The zero-order chi connectivity index (χ0) is 21.1. The van der Waals surface area contributed by atoms with E-state index in [-0.39, 0.29) is 32.3 Å². The molecule has 1 aromatic heterocycles. The molecule has 0 bridgehead atoms. The number of nitrogens with one attached hydrogen (secondary N) is 2. The Balaban J connectivity index is 0.000000500. The average Bonchev–Trinajstić information content (AvgIpc) is 2.81. The largest absolute Gasteiger partial charge is 0.394 e. The molecule has 0 unspecified atom stereocenters. The van der Waals surface area contributed by atoms with Crippen molar-refractivity contribution >= 4 is 42.8 Å². The van der Waals surface area contributed by atoms with Crippen molar-refractivity contribution in [1.82, 2.24) is 14.6 Å². The van der Waals surface area contributed by atoms with Crippen LogP contribution in [0.2, 0.25) is 5.02 Å². The molecule has 0 saturated carbocycles. The van der Waals surface area contributed by atoms with Crippen molar-refractivity contribution in [2.24, 2.45) is 0 Å². The van der Waals surface area contributed by atoms with Crippen LogP contribution in [-0.4, -0.2) is 60.9 Å². The number of fused-ring (bicyclic) bond motifs is 1. The Kier molecular flexibility index (Phi) is 7.20. The normalized spacial score (nSPS) is 18.9. The number of hydrogen-bond acceptors (Lipinski definition) is 6. The molecule has 4 N–H and O–H groups in total. The van der Waals surface area contributed by atoms with Gasteiger partial charge in [0, 0.05) is 36.1 Å². The standard InChI is InChI=1S/C15H18ClN3O3S.H2O4S/c1-10-8-17-6-3-7-19(10)23(21,22)13-5-2-4-11-14(13)12(16)9-18-15(11)20;1-5(2,3)4/h2,4-5,9-10,17H,3,6-8H2,1H3,(H,18,20);(H2,1,2,3,4)/t10-;/m1./s1. The molecule has 10 nitrogen and oxygen atoms in total. The molecule has 13 heteroatoms. The molecule has 1 aliphatic heterocycles. The third-order valence-electron chi connectivity index (χ3n) is 4.09. The van der Waals surface area contributed by atoms with Gasteiger partial charge < -0.3 is 10.3 Å². The summed E-state index contributed by atoms with van der Waals surface area (Å²) in [6.07, 6.45) is 2.07. The van der Waals surface area contributed by atoms with E-state index in [4.69, 9.17) is 29.1 Å². The second-order valence-electron chi connectivity index (χ2n) is 6.11. The molecule has 2 aromatic rings. The third-order valence-corrected chi connectivity index (χ3v) is 6.44. The number of rotatable bonds is 2. The lowest BCUT2D eigenvalue weighted by atomic mass is 10.2. The molecule has 2 heterocycles. The van der Waals surface area contributed by atoms with Crippen LogP contribution in [0.25, 0.3) is 10.8 Å². The van der Waals surface area contributed by atoms with E-state index in [0.717, 1.165) is 13.0 Å². The lowest BCUT2D eigenvalue weighted by molar-refractivity contribution is 0.353. The highest BCUT2D eigenvalue weighted by molar-refractivity contribution is 7.89. The SMILES string of the molecule is C[C@@H]1CNCCCN1S(=O)(=O)c1cccc2c(=O)[nH]cc(Cl)c12.O=S(=O)(O)O. The third kappa shape index (κ3) is 5.50. The summed E-state index contributed by atoms with van der Waals surface area (Å²) in [5.41, 5.74) is -0.355. The smallest absolute Gasteiger partial charge is 0.327 e. The van der Waals surface area contributed by atoms with Crippen molar-refractivity contribution in [3.63, 3.8) is 0 Å². The van der Waals surface area contributed by atoms with Crippen LogP contribution in [0.4, 0.5) is 0 Å². The summed E-state index contributed by atoms with van der Waals surface area (Å²) in [4.78, 5) is 14.6. The monoisotopic (exact) mass is 453 g/mol. The molecule has 3 rings (SSSR count). The minimum atomic E-state index is -4.67. The van der Waals surface area contributed by atoms with Gasteiger partial charge in [-0.15, -0.1) is 0 Å². The highest BCUT2D eigenvalue weighted by atomic mass is 35.5. The first-order valence-electron chi connectivity index (χ1n) is 8.15. The summed E-state index contributed by atoms with van der Waals surface area (Å²) in [6.45, 7) is 3.69. The van der Waals surface area contributed by atoms with Crippen LogP contribution in [0, 0.1) is 0 Å². The van der Waals surface area contributed by atoms with E-state index in [1.807, 2.05) is 6.92 Å². The van der Waals surface area contributed by atoms with Gasteiger partial charge in [-0.25, -0.2) is 8.42 Å². The maximum absolute atomic E-state index is 13.2. The quantitative estimate of drug-likeness (QED) is 0.488. The molecule has 28 heavy (non-hydrogen) atoms. The minimum absolute atomic E-state index is 0.0832. The molecule has 1 aromatic carbocycles. The molecule has 1 aliphatic rings. The topological polar surface area (TPSA) is 157 Å². The van der Waals surface area contributed by atoms with Crippen LogP contribution in [0.3, 0.4) is 0 Å². The molecule has 156 valence electrons. The average molecular weight is 454 g/mol. The van der Waals surface area contributed by atoms with Gasteiger partial charge in [0.2, 0.25) is 10.0 Å². The van der Waals surface area contributed by atoms with Gasteiger partial charge in [0.1, 0.15) is 0 Å². The summed E-state index contributed by atoms with van der Waals surface area (Å²) in [6, 6.07) is 4.49. The van der Waals surface area contributed by atoms with E-state index >= 15 is 0 Å². The molecule has 1 atom stereocenters. The lowest BCUT2D eigenvalue weighted by Gasteiger charge is -2.26. The summed E-state index contributed by atoms with van der Waals surface area (Å²) < 4.78 is 59.4. The second-order valence-corrected chi connectivity index (χ2v) is 9.28. The first-order valence-corrected chi connectivity index (χ1v) is 11.4. The summed E-state index contributed by atoms with van der Waals surface area (Å²) >= 11 is 6.18. The summed E-state index contributed by atoms with van der Waals surface area (Å²) in [5.74, 6) is 0. The number of sulfonamides is 1. The fourth-order valence-electron chi connectivity index (χ4n) is 2.94. The van der Waals surface area contributed by atoms with E-state index < -0.39 is 20.4 Å². The van der Waals surface area contributed by atoms with Gasteiger partial charge in [0.05, 0.1) is 9.92 Å². The van der Waals surface area contributed by atoms with Crippen molar-refractivity contribution in [2.45, 2.75) is 24.3 Å². The van der Waals surface area contributed by atoms with Crippen LogP contribution in [0.5, 0.6) is 0 Å². The Morgan fingerprint density at radius 1 is 1.21 bits per heavy atom. The number of hydrogen-bond donors (Lipinski definition) is 4. The molecule has 0 amide bonds. The Labute approximate surface area is 167 Å². The Morgan fingerprint density at radius 2 is 1.86 bits per heavy atom. The van der Waals surface area contributed by atoms with Crippen LogP contribution < -0.4 is 10.9 Å². The van der Waals surface area contributed by atoms with Crippen LogP contribution in [0.15, 0.2) is 34.1 Å². The number of halogens is 1. The van der Waals surface area contributed by atoms with Crippen LogP contribution >= 0.6 is 11.6 Å². The van der Waals surface area contributed by atoms with Crippen molar-refractivity contribution in [1.29, 1.82) is 0 Å². The van der Waals surface area contributed by atoms with Crippen molar-refractivity contribution in [3.05, 3.63) is 39.8 Å². The van der Waals surface area contributed by atoms with E-state index in [1.54, 1.807) is 12.1 Å². The van der Waals surface area contributed by atoms with Gasteiger partial charge in [0.25, 0.3) is 5.56 Å². The first-order chi connectivity index (χ1) is 12.9. The number of benzene rings is 1. The maximum Gasteiger partial charge on any atom is 0.394 e. The van der Waals surface area contributed by atoms with Gasteiger partial charge in [0.15, 0.2) is 0 Å². The minimum Gasteiger partial charge on any atom is -0.327 e. The Bertz CT molecular complexity index is 1110. The zero-order valence-electron chi connectivity index (χ0n) is 14.8. The van der Waals surface area contributed by atoms with Gasteiger partial charge in [-0.3, -0.25) is 13.9 Å². The molecule has 0 aliphatic carbocycles. The zero-order valence-corrected chi connectivity index (χ0v) is 17.2. The van der Waals surface area contributed by atoms with Crippen molar-refractivity contribution in [3.8, 4) is 0 Å². The van der Waals surface area contributed by atoms with Crippen molar-refractivity contribution in [2.75, 3.05) is 19.6 Å². The number of aromatic amines is 1. The molecule has 0 radical (unpaired) electrons. The highest BCUT2D eigenvalue weighted by Gasteiger charge is 2.31. The van der Waals surface area contributed by atoms with E-state index in [0.29, 0.717) is 13.1 Å². The summed E-state index contributed by atoms with van der Waals surface area (Å²) in [7, 11) is -8.41. The summed E-state index contributed by atoms with van der Waals surface area (Å²) in [5, 5.41) is 4.00. The van der Waals surface area contributed by atoms with Crippen molar-refractivity contribution < 1.29 is 25.9 Å². The second kappa shape index (κ2) is 8.86. The van der Waals surface area contributed by atoms with Gasteiger partial charge in [-0.2, -0.15) is 12.7 Å². The predicted octanol–water partition coefficient (Wildman–Crippen LogP) is 0.901. The lowest BCUT2D eigenvalue weighted by Crippen LogP contribution is -2.41. The van der Waals surface area contributed by atoms with E-state index in [2.05, 4.69) is 10.3 Å². The predicted molar refractivity (Wildman–Crippen MR) is 105 cm³/mol. The molecule has 1 saturated heterocycles. The Hall–Kier alpha value is -1.54. The molecular formula is C15H20ClN3O7S2. The number of H-pyrrole nitrogens is 1. The van der Waals surface area contributed by atoms with Gasteiger partial charge in [-0.05, 0) is 32.0 Å². The number of aromatic nitrogens is 1. The van der Waals surface area contributed by atoms with E-state index in [9.17, 15) is 13.2 Å². The van der Waals surface area contributed by atoms with Crippen LogP contribution in [-0.2, 0) is 20.4 Å². The Morgan fingerprint density at radius 3 is 2.50 bits per heavy atom. The van der Waals surface area contributed by atoms with Crippen LogP contribution in [0.1, 0.15) is 13.3 Å². The van der Waals surface area contributed by atoms with Gasteiger partial charge in [-0.1, -0.05) is 17.7 Å². The van der Waals surface area contributed by atoms with E-state index in [1.165, 1.54) is 16.6 Å². The number of nitrogens with zero attached hydrogens (tertiary/aromatic N) is 1.